The molecule has 6 heteroatoms. The molecule has 19 heavy (non-hydrogen) atoms. The first-order valence-corrected chi connectivity index (χ1v) is 8.24. The van der Waals surface area contributed by atoms with Gasteiger partial charge in [-0.15, -0.1) is 0 Å². The van der Waals surface area contributed by atoms with Crippen LogP contribution in [0.3, 0.4) is 0 Å². The Morgan fingerprint density at radius 2 is 2.26 bits per heavy atom. The lowest BCUT2D eigenvalue weighted by atomic mass is 10.2. The average Bonchev–Trinajstić information content (AvgIpc) is 2.71. The van der Waals surface area contributed by atoms with Gasteiger partial charge in [-0.2, -0.15) is 0 Å². The van der Waals surface area contributed by atoms with Crippen LogP contribution < -0.4 is 5.32 Å². The number of aromatic nitrogens is 2. The van der Waals surface area contributed by atoms with Crippen LogP contribution in [0.25, 0.3) is 11.0 Å². The summed E-state index contributed by atoms with van der Waals surface area (Å²) in [5.41, 5.74) is 3.11. The van der Waals surface area contributed by atoms with Crippen LogP contribution in [0.4, 0.5) is 0 Å². The summed E-state index contributed by atoms with van der Waals surface area (Å²) in [5, 5.41) is 3.24. The molecule has 1 saturated heterocycles. The number of aromatic amines is 1. The largest absolute Gasteiger partial charge is 0.342 e. The fourth-order valence-electron chi connectivity index (χ4n) is 2.56. The van der Waals surface area contributed by atoms with Crippen LogP contribution in [0, 0.1) is 6.92 Å². The third-order valence-corrected chi connectivity index (χ3v) is 5.24. The van der Waals surface area contributed by atoms with Crippen molar-refractivity contribution in [3.05, 3.63) is 29.6 Å². The van der Waals surface area contributed by atoms with Crippen LogP contribution >= 0.6 is 0 Å². The Balaban J connectivity index is 1.84. The number of rotatable bonds is 2. The first-order valence-electron chi connectivity index (χ1n) is 6.41. The van der Waals surface area contributed by atoms with E-state index in [-0.39, 0.29) is 17.5 Å². The summed E-state index contributed by atoms with van der Waals surface area (Å²) in [6.45, 7) is 2.56. The zero-order chi connectivity index (χ0) is 13.5. The van der Waals surface area contributed by atoms with E-state index < -0.39 is 9.84 Å². The molecule has 2 heterocycles. The van der Waals surface area contributed by atoms with Crippen LogP contribution in [0.15, 0.2) is 18.2 Å². The number of nitrogens with one attached hydrogen (secondary N) is 2. The number of imidazole rings is 1. The van der Waals surface area contributed by atoms with E-state index in [4.69, 9.17) is 0 Å². The fourth-order valence-corrected chi connectivity index (χ4v) is 4.00. The summed E-state index contributed by atoms with van der Waals surface area (Å²) < 4.78 is 23.2. The maximum Gasteiger partial charge on any atom is 0.153 e. The lowest BCUT2D eigenvalue weighted by molar-refractivity contribution is 0.510. The molecular weight excluding hydrogens is 262 g/mol. The second-order valence-electron chi connectivity index (χ2n) is 5.12. The van der Waals surface area contributed by atoms with Crippen LogP contribution in [0.5, 0.6) is 0 Å². The highest BCUT2D eigenvalue weighted by Crippen LogP contribution is 2.16. The van der Waals surface area contributed by atoms with Crippen LogP contribution in [0.2, 0.25) is 0 Å². The minimum atomic E-state index is -2.89. The van der Waals surface area contributed by atoms with E-state index in [2.05, 4.69) is 15.3 Å². The Kier molecular flexibility index (Phi) is 3.06. The van der Waals surface area contributed by atoms with Gasteiger partial charge in [0.1, 0.15) is 5.82 Å². The molecule has 0 amide bonds. The molecule has 0 radical (unpaired) electrons. The van der Waals surface area contributed by atoms with Gasteiger partial charge in [-0.05, 0) is 18.6 Å². The number of benzene rings is 1. The third kappa shape index (κ3) is 2.64. The standard InChI is InChI=1S/C13H17N3O2S/c1-9-3-2-4-11-13(9)16-12(15-11)7-10-8-19(17,18)6-5-14-10/h2-4,10,14H,5-8H2,1H3,(H,15,16). The van der Waals surface area contributed by atoms with Gasteiger partial charge in [0, 0.05) is 19.0 Å². The number of fused-ring (bicyclic) bond motifs is 1. The molecule has 1 aromatic carbocycles. The van der Waals surface area contributed by atoms with Crippen molar-refractivity contribution in [2.24, 2.45) is 0 Å². The monoisotopic (exact) mass is 279 g/mol. The molecule has 3 rings (SSSR count). The molecule has 1 aliphatic heterocycles. The predicted molar refractivity (Wildman–Crippen MR) is 75.0 cm³/mol. The highest BCUT2D eigenvalue weighted by molar-refractivity contribution is 7.91. The quantitative estimate of drug-likeness (QED) is 0.852. The molecule has 102 valence electrons. The Labute approximate surface area is 112 Å². The van der Waals surface area contributed by atoms with Gasteiger partial charge < -0.3 is 10.3 Å². The maximum absolute atomic E-state index is 11.6. The molecule has 0 saturated carbocycles. The molecule has 0 bridgehead atoms. The van der Waals surface area contributed by atoms with Gasteiger partial charge in [-0.25, -0.2) is 13.4 Å². The topological polar surface area (TPSA) is 74.8 Å². The van der Waals surface area contributed by atoms with Crippen LogP contribution in [-0.4, -0.2) is 42.5 Å². The molecule has 1 unspecified atom stereocenters. The Morgan fingerprint density at radius 1 is 1.42 bits per heavy atom. The molecule has 1 aliphatic rings. The van der Waals surface area contributed by atoms with Crippen molar-refractivity contribution in [1.29, 1.82) is 0 Å². The van der Waals surface area contributed by atoms with Crippen molar-refractivity contribution in [3.63, 3.8) is 0 Å². The Hall–Kier alpha value is -1.40. The molecule has 2 aromatic rings. The van der Waals surface area contributed by atoms with Crippen molar-refractivity contribution in [2.45, 2.75) is 19.4 Å². The molecule has 1 aromatic heterocycles. The number of hydrogen-bond acceptors (Lipinski definition) is 4. The van der Waals surface area contributed by atoms with Gasteiger partial charge >= 0.3 is 0 Å². The summed E-state index contributed by atoms with van der Waals surface area (Å²) in [5.74, 6) is 1.28. The predicted octanol–water partition coefficient (Wildman–Crippen LogP) is 0.800. The minimum Gasteiger partial charge on any atom is -0.342 e. The van der Waals surface area contributed by atoms with E-state index in [1.54, 1.807) is 0 Å². The van der Waals surface area contributed by atoms with Gasteiger partial charge in [0.2, 0.25) is 0 Å². The summed E-state index contributed by atoms with van der Waals surface area (Å²) in [6.07, 6.45) is 0.618. The molecule has 1 fully saturated rings. The van der Waals surface area contributed by atoms with E-state index in [1.165, 1.54) is 0 Å². The maximum atomic E-state index is 11.6. The van der Waals surface area contributed by atoms with Crippen molar-refractivity contribution in [3.8, 4) is 0 Å². The van der Waals surface area contributed by atoms with Crippen LogP contribution in [0.1, 0.15) is 11.4 Å². The molecule has 0 spiro atoms. The van der Waals surface area contributed by atoms with Gasteiger partial charge in [-0.1, -0.05) is 12.1 Å². The van der Waals surface area contributed by atoms with E-state index >= 15 is 0 Å². The van der Waals surface area contributed by atoms with E-state index in [0.29, 0.717) is 13.0 Å². The van der Waals surface area contributed by atoms with Crippen LogP contribution in [-0.2, 0) is 16.3 Å². The summed E-state index contributed by atoms with van der Waals surface area (Å²) in [6, 6.07) is 5.96. The number of nitrogens with zero attached hydrogens (tertiary/aromatic N) is 1. The van der Waals surface area contributed by atoms with Gasteiger partial charge in [0.05, 0.1) is 22.5 Å². The van der Waals surface area contributed by atoms with E-state index in [0.717, 1.165) is 22.4 Å². The normalized spacial score (nSPS) is 22.7. The van der Waals surface area contributed by atoms with Crippen molar-refractivity contribution in [1.82, 2.24) is 15.3 Å². The van der Waals surface area contributed by atoms with Crippen molar-refractivity contribution in [2.75, 3.05) is 18.1 Å². The molecule has 1 atom stereocenters. The summed E-state index contributed by atoms with van der Waals surface area (Å²) in [7, 11) is -2.89. The SMILES string of the molecule is Cc1cccc2[nH]c(CC3CS(=O)(=O)CCN3)nc12. The molecule has 5 nitrogen and oxygen atoms in total. The lowest BCUT2D eigenvalue weighted by Gasteiger charge is -2.22. The number of sulfone groups is 1. The van der Waals surface area contributed by atoms with Crippen molar-refractivity contribution < 1.29 is 8.42 Å². The zero-order valence-corrected chi connectivity index (χ0v) is 11.6. The third-order valence-electron chi connectivity index (χ3n) is 3.50. The number of aryl methyl sites for hydroxylation is 1. The number of H-pyrrole nitrogens is 1. The highest BCUT2D eigenvalue weighted by atomic mass is 32.2. The number of para-hydroxylation sites is 1. The Bertz CT molecular complexity index is 706. The second kappa shape index (κ2) is 4.61. The zero-order valence-electron chi connectivity index (χ0n) is 10.8. The second-order valence-corrected chi connectivity index (χ2v) is 7.35. The first kappa shape index (κ1) is 12.6. The molecule has 2 N–H and O–H groups in total. The molecule has 0 aliphatic carbocycles. The van der Waals surface area contributed by atoms with Gasteiger partial charge in [-0.3, -0.25) is 0 Å². The summed E-state index contributed by atoms with van der Waals surface area (Å²) >= 11 is 0. The smallest absolute Gasteiger partial charge is 0.153 e. The summed E-state index contributed by atoms with van der Waals surface area (Å²) in [4.78, 5) is 7.83. The van der Waals surface area contributed by atoms with Gasteiger partial charge in [0.15, 0.2) is 9.84 Å². The van der Waals surface area contributed by atoms with Crippen molar-refractivity contribution >= 4 is 20.9 Å². The lowest BCUT2D eigenvalue weighted by Crippen LogP contribution is -2.46. The molecular formula is C13H17N3O2S. The van der Waals surface area contributed by atoms with E-state index in [1.807, 2.05) is 25.1 Å². The Morgan fingerprint density at radius 3 is 3.00 bits per heavy atom. The minimum absolute atomic E-state index is 0.0420. The average molecular weight is 279 g/mol. The fraction of sp³-hybridized carbons (Fsp3) is 0.462. The van der Waals surface area contributed by atoms with Gasteiger partial charge in [0.25, 0.3) is 0 Å². The highest BCUT2D eigenvalue weighted by Gasteiger charge is 2.25. The number of hydrogen-bond donors (Lipinski definition) is 2. The van der Waals surface area contributed by atoms with E-state index in [9.17, 15) is 8.42 Å². The first-order chi connectivity index (χ1) is 9.03.